The van der Waals surface area contributed by atoms with Gasteiger partial charge in [0.25, 0.3) is 0 Å². The van der Waals surface area contributed by atoms with E-state index < -0.39 is 0 Å². The molecule has 2 aromatic carbocycles. The summed E-state index contributed by atoms with van der Waals surface area (Å²) >= 11 is 0. The number of rotatable bonds is 3. The van der Waals surface area contributed by atoms with Crippen molar-refractivity contribution in [2.45, 2.75) is 20.8 Å². The van der Waals surface area contributed by atoms with Gasteiger partial charge in [-0.3, -0.25) is 4.79 Å². The van der Waals surface area contributed by atoms with Crippen LogP contribution in [0.25, 0.3) is 22.3 Å². The van der Waals surface area contributed by atoms with E-state index in [4.69, 9.17) is 13.9 Å². The molecular weight excluding hydrogens is 304 g/mol. The molecule has 124 valence electrons. The quantitative estimate of drug-likeness (QED) is 0.716. The molecule has 0 unspecified atom stereocenters. The molecule has 24 heavy (non-hydrogen) atoms. The van der Waals surface area contributed by atoms with Crippen LogP contribution in [0.1, 0.15) is 16.7 Å². The second kappa shape index (κ2) is 6.04. The molecule has 0 N–H and O–H groups in total. The molecule has 4 heteroatoms. The highest BCUT2D eigenvalue weighted by Crippen LogP contribution is 2.39. The summed E-state index contributed by atoms with van der Waals surface area (Å²) in [4.78, 5) is 12.8. The molecule has 0 radical (unpaired) electrons. The van der Waals surface area contributed by atoms with Crippen molar-refractivity contribution in [3.8, 4) is 22.8 Å². The van der Waals surface area contributed by atoms with E-state index in [2.05, 4.69) is 0 Å². The van der Waals surface area contributed by atoms with Gasteiger partial charge in [0.05, 0.1) is 14.2 Å². The standard InChI is InChI=1S/C20H20O4/c1-11-6-8-14(9-7-11)16-10-15(21)17-18(22-4)12(2)13(3)19(23-5)20(17)24-16/h6-10H,1-5H3. The fourth-order valence-corrected chi connectivity index (χ4v) is 2.93. The molecule has 0 aliphatic rings. The van der Waals surface area contributed by atoms with Crippen LogP contribution in [0.2, 0.25) is 0 Å². The summed E-state index contributed by atoms with van der Waals surface area (Å²) in [6.07, 6.45) is 0. The van der Waals surface area contributed by atoms with Gasteiger partial charge in [0, 0.05) is 17.2 Å². The smallest absolute Gasteiger partial charge is 0.197 e. The van der Waals surface area contributed by atoms with Gasteiger partial charge in [-0.2, -0.15) is 0 Å². The molecule has 3 rings (SSSR count). The molecule has 0 atom stereocenters. The van der Waals surface area contributed by atoms with E-state index >= 15 is 0 Å². The zero-order valence-corrected chi connectivity index (χ0v) is 14.5. The number of methoxy groups -OCH3 is 2. The summed E-state index contributed by atoms with van der Waals surface area (Å²) in [6, 6.07) is 9.34. The number of ether oxygens (including phenoxy) is 2. The van der Waals surface area contributed by atoms with Crippen molar-refractivity contribution in [1.29, 1.82) is 0 Å². The first-order valence-corrected chi connectivity index (χ1v) is 7.74. The van der Waals surface area contributed by atoms with E-state index in [1.165, 1.54) is 6.07 Å². The zero-order chi connectivity index (χ0) is 17.4. The lowest BCUT2D eigenvalue weighted by Crippen LogP contribution is -2.06. The fraction of sp³-hybridized carbons (Fsp3) is 0.250. The monoisotopic (exact) mass is 324 g/mol. The largest absolute Gasteiger partial charge is 0.496 e. The van der Waals surface area contributed by atoms with Crippen molar-refractivity contribution in [3.05, 3.63) is 57.2 Å². The van der Waals surface area contributed by atoms with Gasteiger partial charge < -0.3 is 13.9 Å². The van der Waals surface area contributed by atoms with Gasteiger partial charge in [-0.1, -0.05) is 29.8 Å². The molecule has 1 heterocycles. The van der Waals surface area contributed by atoms with E-state index in [1.54, 1.807) is 14.2 Å². The highest BCUT2D eigenvalue weighted by molar-refractivity contribution is 5.92. The minimum absolute atomic E-state index is 0.148. The molecule has 0 fully saturated rings. The molecule has 0 saturated heterocycles. The van der Waals surface area contributed by atoms with Crippen LogP contribution in [0.4, 0.5) is 0 Å². The predicted octanol–water partition coefficient (Wildman–Crippen LogP) is 4.40. The normalized spacial score (nSPS) is 10.9. The van der Waals surface area contributed by atoms with E-state index in [9.17, 15) is 4.79 Å². The van der Waals surface area contributed by atoms with Crippen LogP contribution in [0.15, 0.2) is 39.5 Å². The Morgan fingerprint density at radius 2 is 1.46 bits per heavy atom. The first-order chi connectivity index (χ1) is 11.5. The maximum atomic E-state index is 12.8. The topological polar surface area (TPSA) is 48.7 Å². The number of benzene rings is 2. The van der Waals surface area contributed by atoms with Crippen molar-refractivity contribution in [1.82, 2.24) is 0 Å². The minimum Gasteiger partial charge on any atom is -0.496 e. The summed E-state index contributed by atoms with van der Waals surface area (Å²) < 4.78 is 17.0. The lowest BCUT2D eigenvalue weighted by molar-refractivity contribution is 0.397. The van der Waals surface area contributed by atoms with E-state index in [-0.39, 0.29) is 5.43 Å². The summed E-state index contributed by atoms with van der Waals surface area (Å²) in [7, 11) is 3.13. The SMILES string of the molecule is COc1c(C)c(C)c(OC)c2c(=O)cc(-c3ccc(C)cc3)oc12. The van der Waals surface area contributed by atoms with Crippen LogP contribution in [-0.4, -0.2) is 14.2 Å². The Kier molecular flexibility index (Phi) is 4.06. The third-order valence-electron chi connectivity index (χ3n) is 4.37. The predicted molar refractivity (Wildman–Crippen MR) is 95.2 cm³/mol. The Balaban J connectivity index is 2.41. The van der Waals surface area contributed by atoms with Crippen LogP contribution >= 0.6 is 0 Å². The molecule has 0 bridgehead atoms. The second-order valence-electron chi connectivity index (χ2n) is 5.86. The third-order valence-corrected chi connectivity index (χ3v) is 4.37. The first kappa shape index (κ1) is 16.1. The number of aryl methyl sites for hydroxylation is 1. The van der Waals surface area contributed by atoms with Gasteiger partial charge in [-0.15, -0.1) is 0 Å². The fourth-order valence-electron chi connectivity index (χ4n) is 2.93. The van der Waals surface area contributed by atoms with E-state index in [0.29, 0.717) is 28.2 Å². The maximum absolute atomic E-state index is 12.8. The van der Waals surface area contributed by atoms with Gasteiger partial charge >= 0.3 is 0 Å². The maximum Gasteiger partial charge on any atom is 0.197 e. The second-order valence-corrected chi connectivity index (χ2v) is 5.86. The van der Waals surface area contributed by atoms with Crippen molar-refractivity contribution in [3.63, 3.8) is 0 Å². The number of hydrogen-bond acceptors (Lipinski definition) is 4. The lowest BCUT2D eigenvalue weighted by atomic mass is 10.0. The Hall–Kier alpha value is -2.75. The minimum atomic E-state index is -0.148. The molecule has 0 aliphatic heterocycles. The molecule has 0 spiro atoms. The highest BCUT2D eigenvalue weighted by atomic mass is 16.5. The third kappa shape index (κ3) is 2.44. The molecule has 1 aromatic heterocycles. The van der Waals surface area contributed by atoms with E-state index in [0.717, 1.165) is 22.3 Å². The van der Waals surface area contributed by atoms with Crippen LogP contribution < -0.4 is 14.9 Å². The Morgan fingerprint density at radius 1 is 0.875 bits per heavy atom. The summed E-state index contributed by atoms with van der Waals surface area (Å²) in [6.45, 7) is 5.85. The Labute approximate surface area is 140 Å². The van der Waals surface area contributed by atoms with Crippen molar-refractivity contribution >= 4 is 11.0 Å². The Morgan fingerprint density at radius 3 is 2.04 bits per heavy atom. The lowest BCUT2D eigenvalue weighted by Gasteiger charge is -2.16. The van der Waals surface area contributed by atoms with Gasteiger partial charge in [0.2, 0.25) is 0 Å². The van der Waals surface area contributed by atoms with Crippen molar-refractivity contribution in [2.75, 3.05) is 14.2 Å². The molecular formula is C20H20O4. The average molecular weight is 324 g/mol. The van der Waals surface area contributed by atoms with Crippen LogP contribution in [0.5, 0.6) is 11.5 Å². The zero-order valence-electron chi connectivity index (χ0n) is 14.5. The van der Waals surface area contributed by atoms with Crippen LogP contribution in [0, 0.1) is 20.8 Å². The molecule has 0 aliphatic carbocycles. The van der Waals surface area contributed by atoms with Crippen LogP contribution in [0.3, 0.4) is 0 Å². The number of fused-ring (bicyclic) bond motifs is 1. The van der Waals surface area contributed by atoms with Gasteiger partial charge in [-0.05, 0) is 26.3 Å². The van der Waals surface area contributed by atoms with Crippen molar-refractivity contribution in [2.24, 2.45) is 0 Å². The van der Waals surface area contributed by atoms with Gasteiger partial charge in [-0.25, -0.2) is 0 Å². The first-order valence-electron chi connectivity index (χ1n) is 7.74. The summed E-state index contributed by atoms with van der Waals surface area (Å²) in [5.74, 6) is 1.61. The van der Waals surface area contributed by atoms with Crippen molar-refractivity contribution < 1.29 is 13.9 Å². The van der Waals surface area contributed by atoms with Crippen LogP contribution in [-0.2, 0) is 0 Å². The van der Waals surface area contributed by atoms with Gasteiger partial charge in [0.1, 0.15) is 16.9 Å². The Bertz CT molecular complexity index is 966. The molecule has 3 aromatic rings. The van der Waals surface area contributed by atoms with E-state index in [1.807, 2.05) is 45.0 Å². The summed E-state index contributed by atoms with van der Waals surface area (Å²) in [5, 5.41) is 0.410. The van der Waals surface area contributed by atoms with Gasteiger partial charge in [0.15, 0.2) is 16.8 Å². The summed E-state index contributed by atoms with van der Waals surface area (Å²) in [5.41, 5.74) is 4.03. The average Bonchev–Trinajstić information content (AvgIpc) is 2.57. The molecule has 4 nitrogen and oxygen atoms in total. The number of hydrogen-bond donors (Lipinski definition) is 0. The molecule has 0 amide bonds. The molecule has 0 saturated carbocycles. The highest BCUT2D eigenvalue weighted by Gasteiger charge is 2.21.